The van der Waals surface area contributed by atoms with Crippen molar-refractivity contribution in [2.75, 3.05) is 60.5 Å². The average Bonchev–Trinajstić information content (AvgIpc) is 2.63. The van der Waals surface area contributed by atoms with E-state index in [1.807, 2.05) is 0 Å². The van der Waals surface area contributed by atoms with Crippen LogP contribution in [0.3, 0.4) is 0 Å². The number of likely N-dealkylation sites (N-methyl/N-ethyl adjacent to an activating group) is 2. The smallest absolute Gasteiger partial charge is 0.0558 e. The van der Waals surface area contributed by atoms with E-state index in [0.29, 0.717) is 6.04 Å². The van der Waals surface area contributed by atoms with Crippen LogP contribution in [0.2, 0.25) is 0 Å². The minimum absolute atomic E-state index is 0.269. The Kier molecular flexibility index (Phi) is 5.53. The third-order valence-corrected chi connectivity index (χ3v) is 3.19. The summed E-state index contributed by atoms with van der Waals surface area (Å²) in [5, 5.41) is 8.88. The molecule has 15 heavy (non-hydrogen) atoms. The van der Waals surface area contributed by atoms with Crippen molar-refractivity contribution in [2.24, 2.45) is 0 Å². The fraction of sp³-hybridized carbons (Fsp3) is 1.00. The van der Waals surface area contributed by atoms with Crippen LogP contribution in [-0.4, -0.2) is 86.3 Å². The molecule has 4 heteroatoms. The molecule has 0 spiro atoms. The van der Waals surface area contributed by atoms with Crippen molar-refractivity contribution in [2.45, 2.75) is 12.5 Å². The van der Waals surface area contributed by atoms with Crippen LogP contribution in [0.4, 0.5) is 0 Å². The summed E-state index contributed by atoms with van der Waals surface area (Å²) in [5.74, 6) is 0. The lowest BCUT2D eigenvalue weighted by Gasteiger charge is -2.24. The average molecular weight is 215 g/mol. The largest absolute Gasteiger partial charge is 0.395 e. The second kappa shape index (κ2) is 6.43. The van der Waals surface area contributed by atoms with Gasteiger partial charge in [-0.25, -0.2) is 0 Å². The van der Waals surface area contributed by atoms with Crippen LogP contribution in [-0.2, 0) is 0 Å². The van der Waals surface area contributed by atoms with Crippen LogP contribution < -0.4 is 0 Å². The molecular weight excluding hydrogens is 190 g/mol. The van der Waals surface area contributed by atoms with Gasteiger partial charge in [0.2, 0.25) is 0 Å². The third-order valence-electron chi connectivity index (χ3n) is 3.19. The maximum absolute atomic E-state index is 8.88. The lowest BCUT2D eigenvalue weighted by atomic mass is 10.2. The van der Waals surface area contributed by atoms with Gasteiger partial charge < -0.3 is 14.9 Å². The van der Waals surface area contributed by atoms with Crippen molar-refractivity contribution >= 4 is 0 Å². The summed E-state index contributed by atoms with van der Waals surface area (Å²) in [6.45, 7) is 5.72. The fourth-order valence-electron chi connectivity index (χ4n) is 2.06. The van der Waals surface area contributed by atoms with Crippen molar-refractivity contribution in [3.05, 3.63) is 0 Å². The third kappa shape index (κ3) is 4.47. The second-order valence-corrected chi connectivity index (χ2v) is 4.75. The molecule has 1 rings (SSSR count). The van der Waals surface area contributed by atoms with E-state index in [1.54, 1.807) is 0 Å². The highest BCUT2D eigenvalue weighted by Gasteiger charge is 2.24. The molecule has 0 bridgehead atoms. The molecule has 0 amide bonds. The topological polar surface area (TPSA) is 30.0 Å². The van der Waals surface area contributed by atoms with Crippen LogP contribution in [0, 0.1) is 0 Å². The van der Waals surface area contributed by atoms with Gasteiger partial charge in [-0.15, -0.1) is 0 Å². The van der Waals surface area contributed by atoms with Crippen LogP contribution in [0.15, 0.2) is 0 Å². The number of likely N-dealkylation sites (tertiary alicyclic amines) is 1. The molecule has 0 aromatic carbocycles. The summed E-state index contributed by atoms with van der Waals surface area (Å²) in [4.78, 5) is 7.01. The Labute approximate surface area is 93.5 Å². The predicted molar refractivity (Wildman–Crippen MR) is 63.1 cm³/mol. The fourth-order valence-corrected chi connectivity index (χ4v) is 2.06. The maximum atomic E-state index is 8.88. The first-order valence-electron chi connectivity index (χ1n) is 5.81. The molecule has 1 N–H and O–H groups in total. The van der Waals surface area contributed by atoms with Crippen molar-refractivity contribution in [3.63, 3.8) is 0 Å². The van der Waals surface area contributed by atoms with E-state index < -0.39 is 0 Å². The standard InChI is InChI=1S/C11H25N3O/c1-12(2)6-7-14-5-4-11(10-14)13(3)8-9-15/h11,15H,4-10H2,1-3H3. The molecule has 0 aliphatic carbocycles. The van der Waals surface area contributed by atoms with Gasteiger partial charge in [0.25, 0.3) is 0 Å². The van der Waals surface area contributed by atoms with Gasteiger partial charge in [0, 0.05) is 32.2 Å². The summed E-state index contributed by atoms with van der Waals surface area (Å²) >= 11 is 0. The molecule has 0 saturated carbocycles. The molecule has 0 radical (unpaired) electrons. The maximum Gasteiger partial charge on any atom is 0.0558 e. The molecule has 1 atom stereocenters. The molecule has 1 fully saturated rings. The zero-order valence-corrected chi connectivity index (χ0v) is 10.3. The Morgan fingerprint density at radius 3 is 2.60 bits per heavy atom. The molecule has 1 aliphatic rings. The first-order chi connectivity index (χ1) is 7.13. The highest BCUT2D eigenvalue weighted by Crippen LogP contribution is 2.13. The highest BCUT2D eigenvalue weighted by atomic mass is 16.3. The second-order valence-electron chi connectivity index (χ2n) is 4.75. The lowest BCUT2D eigenvalue weighted by molar-refractivity contribution is 0.176. The molecule has 1 saturated heterocycles. The van der Waals surface area contributed by atoms with E-state index in [0.717, 1.165) is 26.2 Å². The van der Waals surface area contributed by atoms with E-state index >= 15 is 0 Å². The molecule has 1 unspecified atom stereocenters. The molecule has 4 nitrogen and oxygen atoms in total. The zero-order chi connectivity index (χ0) is 11.3. The summed E-state index contributed by atoms with van der Waals surface area (Å²) < 4.78 is 0. The Morgan fingerprint density at radius 1 is 1.27 bits per heavy atom. The van der Waals surface area contributed by atoms with E-state index in [9.17, 15) is 0 Å². The first kappa shape index (κ1) is 12.9. The monoisotopic (exact) mass is 215 g/mol. The lowest BCUT2D eigenvalue weighted by Crippen LogP contribution is -2.37. The van der Waals surface area contributed by atoms with Crippen molar-refractivity contribution < 1.29 is 5.11 Å². The zero-order valence-electron chi connectivity index (χ0n) is 10.3. The first-order valence-corrected chi connectivity index (χ1v) is 5.81. The van der Waals surface area contributed by atoms with Gasteiger partial charge in [-0.05, 0) is 34.1 Å². The number of aliphatic hydroxyl groups excluding tert-OH is 1. The number of rotatable bonds is 6. The van der Waals surface area contributed by atoms with Gasteiger partial charge in [0.15, 0.2) is 0 Å². The summed E-state index contributed by atoms with van der Waals surface area (Å²) in [6, 6.07) is 0.638. The van der Waals surface area contributed by atoms with E-state index in [2.05, 4.69) is 35.8 Å². The van der Waals surface area contributed by atoms with Gasteiger partial charge in [0.1, 0.15) is 0 Å². The minimum atomic E-state index is 0.269. The Hall–Kier alpha value is -0.160. The predicted octanol–water partition coefficient (Wildman–Crippen LogP) is -0.454. The molecule has 0 aromatic rings. The Morgan fingerprint density at radius 2 is 2.00 bits per heavy atom. The normalized spacial score (nSPS) is 23.2. The van der Waals surface area contributed by atoms with E-state index in [4.69, 9.17) is 5.11 Å². The molecule has 90 valence electrons. The number of hydrogen-bond donors (Lipinski definition) is 1. The van der Waals surface area contributed by atoms with Gasteiger partial charge in [-0.1, -0.05) is 0 Å². The van der Waals surface area contributed by atoms with Crippen molar-refractivity contribution in [3.8, 4) is 0 Å². The van der Waals surface area contributed by atoms with Crippen LogP contribution in [0.25, 0.3) is 0 Å². The Bertz CT molecular complexity index is 175. The summed E-state index contributed by atoms with van der Waals surface area (Å²) in [5.41, 5.74) is 0. The number of hydrogen-bond acceptors (Lipinski definition) is 4. The SMILES string of the molecule is CN(C)CCN1CCC(N(C)CCO)C1. The van der Waals surface area contributed by atoms with Gasteiger partial charge in [-0.2, -0.15) is 0 Å². The van der Waals surface area contributed by atoms with Gasteiger partial charge in [-0.3, -0.25) is 4.90 Å². The molecule has 1 heterocycles. The van der Waals surface area contributed by atoms with Crippen LogP contribution >= 0.6 is 0 Å². The summed E-state index contributed by atoms with van der Waals surface area (Å²) in [7, 11) is 6.34. The number of aliphatic hydroxyl groups is 1. The molecule has 1 aliphatic heterocycles. The Balaban J connectivity index is 2.20. The molecule has 0 aromatic heterocycles. The highest BCUT2D eigenvalue weighted by molar-refractivity contribution is 4.82. The van der Waals surface area contributed by atoms with Gasteiger partial charge in [0.05, 0.1) is 6.61 Å². The van der Waals surface area contributed by atoms with Gasteiger partial charge >= 0.3 is 0 Å². The molecular formula is C11H25N3O. The van der Waals surface area contributed by atoms with Crippen LogP contribution in [0.1, 0.15) is 6.42 Å². The van der Waals surface area contributed by atoms with Crippen molar-refractivity contribution in [1.29, 1.82) is 0 Å². The number of nitrogens with zero attached hydrogens (tertiary/aromatic N) is 3. The summed E-state index contributed by atoms with van der Waals surface area (Å²) in [6.07, 6.45) is 1.24. The quantitative estimate of drug-likeness (QED) is 0.650. The van der Waals surface area contributed by atoms with Crippen LogP contribution in [0.5, 0.6) is 0 Å². The van der Waals surface area contributed by atoms with E-state index in [-0.39, 0.29) is 6.61 Å². The van der Waals surface area contributed by atoms with E-state index in [1.165, 1.54) is 13.0 Å². The van der Waals surface area contributed by atoms with Crippen molar-refractivity contribution in [1.82, 2.24) is 14.7 Å². The minimum Gasteiger partial charge on any atom is -0.395 e.